The standard InChI is InChI=1S/C30H33ClF2N6O2S/c1-17(2)39-29-22(19-8-11-21(12-9-19)36-18(3)15-32)16-35-30(34)27(29)28(37-39)20-10-13-25(24(33)14-20)38-42(40,41)26-7-5-4-6-23(26)31/h4-8,10,13-14,16-18,21,36,38H,9,11-12,15H2,1-3H3,(H2,34,35)/t18-,21-/m1/s1. The van der Waals surface area contributed by atoms with Gasteiger partial charge < -0.3 is 11.1 Å². The number of sulfonamides is 1. The molecule has 2 heterocycles. The Hall–Kier alpha value is -3.54. The molecule has 0 spiro atoms. The lowest BCUT2D eigenvalue weighted by atomic mass is 9.90. The monoisotopic (exact) mass is 614 g/mol. The van der Waals surface area contributed by atoms with Gasteiger partial charge in [-0.25, -0.2) is 22.2 Å². The fraction of sp³-hybridized carbons (Fsp3) is 0.333. The number of halogens is 3. The predicted octanol–water partition coefficient (Wildman–Crippen LogP) is 6.74. The summed E-state index contributed by atoms with van der Waals surface area (Å²) in [4.78, 5) is 4.32. The van der Waals surface area contributed by atoms with Gasteiger partial charge in [-0.05, 0) is 69.9 Å². The summed E-state index contributed by atoms with van der Waals surface area (Å²) < 4.78 is 58.3. The second-order valence-corrected chi connectivity index (χ2v) is 12.9. The average molecular weight is 615 g/mol. The maximum atomic E-state index is 15.4. The van der Waals surface area contributed by atoms with Crippen LogP contribution < -0.4 is 15.8 Å². The largest absolute Gasteiger partial charge is 0.383 e. The minimum atomic E-state index is -4.12. The quantitative estimate of drug-likeness (QED) is 0.192. The molecule has 1 aliphatic rings. The molecule has 2 atom stereocenters. The van der Waals surface area contributed by atoms with Crippen LogP contribution in [0.2, 0.25) is 5.02 Å². The van der Waals surface area contributed by atoms with Crippen molar-refractivity contribution in [2.75, 3.05) is 17.1 Å². The van der Waals surface area contributed by atoms with E-state index in [1.165, 1.54) is 30.3 Å². The molecule has 0 aliphatic heterocycles. The maximum absolute atomic E-state index is 15.4. The van der Waals surface area contributed by atoms with E-state index in [-0.39, 0.29) is 39.5 Å². The van der Waals surface area contributed by atoms with Crippen molar-refractivity contribution in [1.29, 1.82) is 0 Å². The van der Waals surface area contributed by atoms with Gasteiger partial charge in [0, 0.05) is 35.4 Å². The third-order valence-electron chi connectivity index (χ3n) is 7.37. The highest BCUT2D eigenvalue weighted by Crippen LogP contribution is 2.40. The minimum Gasteiger partial charge on any atom is -0.383 e. The number of nitrogens with zero attached hydrogens (tertiary/aromatic N) is 3. The Morgan fingerprint density at radius 3 is 2.60 bits per heavy atom. The normalized spacial score (nSPS) is 16.5. The summed E-state index contributed by atoms with van der Waals surface area (Å²) in [5.41, 5.74) is 9.83. The number of nitrogens with one attached hydrogen (secondary N) is 2. The van der Waals surface area contributed by atoms with Crippen LogP contribution in [0.25, 0.3) is 27.7 Å². The number of aromatic nitrogens is 3. The first kappa shape index (κ1) is 29.9. The first-order chi connectivity index (χ1) is 20.0. The predicted molar refractivity (Wildman–Crippen MR) is 164 cm³/mol. The molecular weight excluding hydrogens is 582 g/mol. The second-order valence-electron chi connectivity index (χ2n) is 10.8. The molecule has 0 radical (unpaired) electrons. The van der Waals surface area contributed by atoms with Crippen molar-refractivity contribution in [3.8, 4) is 11.3 Å². The molecule has 2 aromatic carbocycles. The number of allylic oxidation sites excluding steroid dienone is 1. The summed E-state index contributed by atoms with van der Waals surface area (Å²) in [6.07, 6.45) is 6.27. The summed E-state index contributed by atoms with van der Waals surface area (Å²) in [5.74, 6) is -0.527. The molecule has 0 unspecified atom stereocenters. The van der Waals surface area contributed by atoms with Crippen molar-refractivity contribution < 1.29 is 17.2 Å². The number of fused-ring (bicyclic) bond motifs is 1. The number of nitrogens with two attached hydrogens (primary N) is 1. The van der Waals surface area contributed by atoms with E-state index >= 15 is 4.39 Å². The molecule has 222 valence electrons. The summed E-state index contributed by atoms with van der Waals surface area (Å²) in [6, 6.07) is 10.1. The number of pyridine rings is 1. The van der Waals surface area contributed by atoms with Gasteiger partial charge in [-0.3, -0.25) is 9.40 Å². The Morgan fingerprint density at radius 2 is 1.95 bits per heavy atom. The molecule has 0 bridgehead atoms. The van der Waals surface area contributed by atoms with Crippen LogP contribution in [0.4, 0.5) is 20.3 Å². The van der Waals surface area contributed by atoms with Gasteiger partial charge >= 0.3 is 0 Å². The molecule has 0 saturated carbocycles. The molecule has 1 aliphatic carbocycles. The van der Waals surface area contributed by atoms with Gasteiger partial charge in [0.25, 0.3) is 10.0 Å². The number of hydrogen-bond donors (Lipinski definition) is 3. The van der Waals surface area contributed by atoms with Crippen molar-refractivity contribution in [1.82, 2.24) is 20.1 Å². The third kappa shape index (κ3) is 5.86. The molecular formula is C30H33ClF2N6O2S. The van der Waals surface area contributed by atoms with Crippen molar-refractivity contribution in [2.45, 2.75) is 63.1 Å². The smallest absolute Gasteiger partial charge is 0.263 e. The minimum absolute atomic E-state index is 0.0284. The maximum Gasteiger partial charge on any atom is 0.263 e. The van der Waals surface area contributed by atoms with Crippen molar-refractivity contribution in [3.63, 3.8) is 0 Å². The van der Waals surface area contributed by atoms with E-state index < -0.39 is 22.5 Å². The fourth-order valence-corrected chi connectivity index (χ4v) is 6.88. The SMILES string of the molecule is CC(C)n1nc(-c2ccc(NS(=O)(=O)c3ccccc3Cl)c(F)c2)c2c(N)ncc(C3=CC[C@@H](N[C@H](C)CF)CC3)c21. The Kier molecular flexibility index (Phi) is 8.54. The zero-order valence-electron chi connectivity index (χ0n) is 23.5. The van der Waals surface area contributed by atoms with Gasteiger partial charge in [-0.15, -0.1) is 0 Å². The summed E-state index contributed by atoms with van der Waals surface area (Å²) >= 11 is 6.06. The Balaban J connectivity index is 1.53. The van der Waals surface area contributed by atoms with Crippen LogP contribution in [0, 0.1) is 5.82 Å². The number of alkyl halides is 1. The fourth-order valence-electron chi connectivity index (χ4n) is 5.29. The molecule has 0 fully saturated rings. The van der Waals surface area contributed by atoms with Crippen LogP contribution in [0.5, 0.6) is 0 Å². The number of rotatable bonds is 9. The van der Waals surface area contributed by atoms with Crippen LogP contribution in [-0.4, -0.2) is 41.9 Å². The molecule has 5 rings (SSSR count). The number of benzene rings is 2. The average Bonchev–Trinajstić information content (AvgIpc) is 3.37. The molecule has 4 N–H and O–H groups in total. The number of hydrogen-bond acceptors (Lipinski definition) is 6. The van der Waals surface area contributed by atoms with Crippen molar-refractivity contribution in [2.24, 2.45) is 0 Å². The van der Waals surface area contributed by atoms with Crippen LogP contribution in [0.3, 0.4) is 0 Å². The molecule has 2 aromatic heterocycles. The van der Waals surface area contributed by atoms with E-state index in [4.69, 9.17) is 22.4 Å². The molecule has 0 amide bonds. The van der Waals surface area contributed by atoms with Crippen LogP contribution >= 0.6 is 11.6 Å². The molecule has 0 saturated heterocycles. The van der Waals surface area contributed by atoms with Gasteiger partial charge in [0.05, 0.1) is 21.6 Å². The van der Waals surface area contributed by atoms with Gasteiger partial charge in [0.2, 0.25) is 0 Å². The molecule has 42 heavy (non-hydrogen) atoms. The summed E-state index contributed by atoms with van der Waals surface area (Å²) in [7, 11) is -4.12. The highest BCUT2D eigenvalue weighted by atomic mass is 35.5. The third-order valence-corrected chi connectivity index (χ3v) is 9.23. The van der Waals surface area contributed by atoms with E-state index in [1.807, 2.05) is 25.5 Å². The van der Waals surface area contributed by atoms with E-state index in [9.17, 15) is 12.8 Å². The van der Waals surface area contributed by atoms with Gasteiger partial charge in [-0.2, -0.15) is 5.10 Å². The first-order valence-corrected chi connectivity index (χ1v) is 15.6. The lowest BCUT2D eigenvalue weighted by Crippen LogP contribution is -2.38. The van der Waals surface area contributed by atoms with E-state index in [0.29, 0.717) is 16.6 Å². The zero-order valence-corrected chi connectivity index (χ0v) is 25.1. The van der Waals surface area contributed by atoms with Gasteiger partial charge in [0.1, 0.15) is 28.9 Å². The summed E-state index contributed by atoms with van der Waals surface area (Å²) in [5, 5.41) is 8.78. The molecule has 4 aromatic rings. The molecule has 8 nitrogen and oxygen atoms in total. The number of nitrogen functional groups attached to an aromatic ring is 1. The lowest BCUT2D eigenvalue weighted by Gasteiger charge is -2.26. The number of anilines is 2. The zero-order chi connectivity index (χ0) is 30.2. The van der Waals surface area contributed by atoms with Crippen molar-refractivity contribution in [3.05, 3.63) is 71.1 Å². The van der Waals surface area contributed by atoms with Crippen LogP contribution in [0.1, 0.15) is 51.6 Å². The van der Waals surface area contributed by atoms with Crippen LogP contribution in [0.15, 0.2) is 59.6 Å². The van der Waals surface area contributed by atoms with E-state index in [0.717, 1.165) is 35.9 Å². The lowest BCUT2D eigenvalue weighted by molar-refractivity contribution is 0.347. The Morgan fingerprint density at radius 1 is 1.19 bits per heavy atom. The Labute approximate surface area is 249 Å². The van der Waals surface area contributed by atoms with Crippen LogP contribution in [-0.2, 0) is 10.0 Å². The summed E-state index contributed by atoms with van der Waals surface area (Å²) in [6.45, 7) is 5.41. The molecule has 12 heteroatoms. The Bertz CT molecular complexity index is 1770. The second kappa shape index (κ2) is 12.0. The van der Waals surface area contributed by atoms with Gasteiger partial charge in [-0.1, -0.05) is 35.9 Å². The van der Waals surface area contributed by atoms with E-state index in [2.05, 4.69) is 21.1 Å². The van der Waals surface area contributed by atoms with E-state index in [1.54, 1.807) is 18.3 Å². The van der Waals surface area contributed by atoms with Gasteiger partial charge in [0.15, 0.2) is 0 Å². The topological polar surface area (TPSA) is 115 Å². The highest BCUT2D eigenvalue weighted by molar-refractivity contribution is 7.92. The first-order valence-electron chi connectivity index (χ1n) is 13.8. The van der Waals surface area contributed by atoms with Crippen molar-refractivity contribution >= 4 is 49.6 Å². The highest BCUT2D eigenvalue weighted by Gasteiger charge is 2.26.